The van der Waals surface area contributed by atoms with E-state index < -0.39 is 0 Å². The van der Waals surface area contributed by atoms with E-state index in [1.54, 1.807) is 6.20 Å². The summed E-state index contributed by atoms with van der Waals surface area (Å²) < 4.78 is 4.84. The summed E-state index contributed by atoms with van der Waals surface area (Å²) in [5.74, 6) is -0.172. The lowest BCUT2D eigenvalue weighted by Crippen LogP contribution is -2.17. The monoisotopic (exact) mass is 313 g/mol. The Bertz CT molecular complexity index is 796. The van der Waals surface area contributed by atoms with Crippen LogP contribution in [-0.2, 0) is 9.53 Å². The number of carbonyl (C=O) groups is 1. The van der Waals surface area contributed by atoms with Gasteiger partial charge in [-0.3, -0.25) is 4.79 Å². The van der Waals surface area contributed by atoms with Gasteiger partial charge in [0, 0.05) is 24.6 Å². The molecule has 0 bridgehead atoms. The molecule has 3 aromatic rings. The first-order valence-corrected chi connectivity index (χ1v) is 7.60. The number of aromatic nitrogens is 2. The molecule has 0 saturated carbocycles. The average molecular weight is 313 g/mol. The number of amides is 1. The first kappa shape index (κ1) is 14.6. The molecule has 0 aliphatic heterocycles. The van der Waals surface area contributed by atoms with Crippen molar-refractivity contribution in [2.24, 2.45) is 0 Å². The maximum Gasteiger partial charge on any atom is 0.250 e. The Labute approximate surface area is 132 Å². The molecule has 0 radical (unpaired) electrons. The maximum absolute atomic E-state index is 11.7. The van der Waals surface area contributed by atoms with E-state index in [1.165, 1.54) is 18.4 Å². The molecule has 0 spiro atoms. The minimum absolute atomic E-state index is 0.0364. The molecule has 1 aromatic carbocycles. The van der Waals surface area contributed by atoms with Gasteiger partial charge in [0.25, 0.3) is 0 Å². The van der Waals surface area contributed by atoms with Crippen LogP contribution < -0.4 is 5.32 Å². The number of nitrogens with zero attached hydrogens (tertiary/aromatic N) is 2. The molecule has 2 heterocycles. The van der Waals surface area contributed by atoms with Gasteiger partial charge in [-0.2, -0.15) is 0 Å². The Kier molecular flexibility index (Phi) is 4.13. The Morgan fingerprint density at radius 3 is 3.00 bits per heavy atom. The number of ether oxygens (including phenoxy) is 1. The first-order valence-electron chi connectivity index (χ1n) is 6.79. The second-order valence-electron chi connectivity index (χ2n) is 4.86. The number of thiazole rings is 1. The average Bonchev–Trinajstić information content (AvgIpc) is 2.93. The van der Waals surface area contributed by atoms with E-state index in [1.807, 2.05) is 37.3 Å². The molecule has 1 amide bonds. The molecule has 0 atom stereocenters. The molecular weight excluding hydrogens is 298 g/mol. The Morgan fingerprint density at radius 2 is 2.23 bits per heavy atom. The first-order chi connectivity index (χ1) is 10.7. The quantitative estimate of drug-likeness (QED) is 0.803. The van der Waals surface area contributed by atoms with Crippen molar-refractivity contribution in [2.45, 2.75) is 6.92 Å². The molecule has 0 unspecified atom stereocenters. The molecule has 112 valence electrons. The van der Waals surface area contributed by atoms with E-state index in [0.29, 0.717) is 0 Å². The second kappa shape index (κ2) is 6.21. The van der Waals surface area contributed by atoms with Crippen LogP contribution in [0, 0.1) is 6.92 Å². The van der Waals surface area contributed by atoms with Crippen LogP contribution in [0.4, 0.5) is 5.69 Å². The van der Waals surface area contributed by atoms with E-state index in [9.17, 15) is 4.79 Å². The van der Waals surface area contributed by atoms with Crippen molar-refractivity contribution >= 4 is 33.3 Å². The molecule has 22 heavy (non-hydrogen) atoms. The number of rotatable bonds is 4. The maximum atomic E-state index is 11.7. The number of nitrogens with one attached hydrogen (secondary N) is 1. The van der Waals surface area contributed by atoms with Gasteiger partial charge < -0.3 is 10.1 Å². The molecule has 0 aliphatic carbocycles. The lowest BCUT2D eigenvalue weighted by atomic mass is 10.1. The van der Waals surface area contributed by atoms with Crippen LogP contribution in [0.3, 0.4) is 0 Å². The summed E-state index contributed by atoms with van der Waals surface area (Å²) in [6.07, 6.45) is 1.76. The smallest absolute Gasteiger partial charge is 0.250 e. The highest BCUT2D eigenvalue weighted by Gasteiger charge is 2.10. The predicted octanol–water partition coefficient (Wildman–Crippen LogP) is 3.25. The van der Waals surface area contributed by atoms with Crippen LogP contribution in [-0.4, -0.2) is 29.6 Å². The zero-order valence-corrected chi connectivity index (χ0v) is 13.1. The summed E-state index contributed by atoms with van der Waals surface area (Å²) in [6.45, 7) is 1.99. The molecular formula is C16H15N3O2S. The molecule has 0 fully saturated rings. The summed E-state index contributed by atoms with van der Waals surface area (Å²) in [5.41, 5.74) is 3.61. The lowest BCUT2D eigenvalue weighted by molar-refractivity contribution is -0.119. The highest BCUT2D eigenvalue weighted by molar-refractivity contribution is 7.21. The molecule has 0 aliphatic rings. The number of methoxy groups -OCH3 is 1. The highest BCUT2D eigenvalue weighted by atomic mass is 32.1. The fourth-order valence-electron chi connectivity index (χ4n) is 2.10. The number of hydrogen-bond acceptors (Lipinski definition) is 5. The van der Waals surface area contributed by atoms with E-state index >= 15 is 0 Å². The van der Waals surface area contributed by atoms with Crippen molar-refractivity contribution in [3.05, 3.63) is 42.1 Å². The van der Waals surface area contributed by atoms with Crippen LogP contribution in [0.5, 0.6) is 0 Å². The van der Waals surface area contributed by atoms with Crippen molar-refractivity contribution in [3.63, 3.8) is 0 Å². The topological polar surface area (TPSA) is 64.1 Å². The number of aryl methyl sites for hydroxylation is 1. The number of pyridine rings is 1. The van der Waals surface area contributed by atoms with E-state index in [-0.39, 0.29) is 12.5 Å². The third-order valence-electron chi connectivity index (χ3n) is 3.20. The van der Waals surface area contributed by atoms with Crippen LogP contribution in [0.1, 0.15) is 5.56 Å². The zero-order valence-electron chi connectivity index (χ0n) is 12.3. The van der Waals surface area contributed by atoms with E-state index in [4.69, 9.17) is 4.74 Å². The third kappa shape index (κ3) is 2.98. The number of benzene rings is 1. The van der Waals surface area contributed by atoms with Crippen molar-refractivity contribution < 1.29 is 9.53 Å². The fourth-order valence-corrected chi connectivity index (χ4v) is 3.00. The molecule has 2 aromatic heterocycles. The van der Waals surface area contributed by atoms with Crippen LogP contribution in [0.15, 0.2) is 36.5 Å². The van der Waals surface area contributed by atoms with E-state index in [2.05, 4.69) is 15.3 Å². The number of carbonyl (C=O) groups excluding carboxylic acids is 1. The summed E-state index contributed by atoms with van der Waals surface area (Å²) in [7, 11) is 1.50. The van der Waals surface area contributed by atoms with Crippen LogP contribution >= 0.6 is 11.3 Å². The molecule has 3 rings (SSSR count). The van der Waals surface area contributed by atoms with Gasteiger partial charge in [0.05, 0.1) is 0 Å². The van der Waals surface area contributed by atoms with Crippen molar-refractivity contribution in [1.82, 2.24) is 9.97 Å². The highest BCUT2D eigenvalue weighted by Crippen LogP contribution is 2.31. The molecule has 5 nitrogen and oxygen atoms in total. The van der Waals surface area contributed by atoms with Gasteiger partial charge in [0.15, 0.2) is 0 Å². The van der Waals surface area contributed by atoms with Crippen molar-refractivity contribution in [1.29, 1.82) is 0 Å². The van der Waals surface area contributed by atoms with Gasteiger partial charge in [-0.1, -0.05) is 23.5 Å². The third-order valence-corrected chi connectivity index (χ3v) is 4.23. The standard InChI is InChI=1S/C16H15N3O2S/c1-10-5-6-11(8-13(10)18-14(20)9-21-2)15-19-12-4-3-7-17-16(12)22-15/h3-8H,9H2,1-2H3,(H,18,20). The summed E-state index contributed by atoms with van der Waals surface area (Å²) in [5, 5.41) is 3.74. The minimum Gasteiger partial charge on any atom is -0.375 e. The van der Waals surface area contributed by atoms with Crippen LogP contribution in [0.2, 0.25) is 0 Å². The van der Waals surface area contributed by atoms with Gasteiger partial charge in [0.1, 0.15) is 22.0 Å². The van der Waals surface area contributed by atoms with Gasteiger partial charge in [-0.15, -0.1) is 0 Å². The Morgan fingerprint density at radius 1 is 1.36 bits per heavy atom. The van der Waals surface area contributed by atoms with E-state index in [0.717, 1.165) is 32.2 Å². The van der Waals surface area contributed by atoms with Crippen molar-refractivity contribution in [3.8, 4) is 10.6 Å². The molecule has 1 N–H and O–H groups in total. The minimum atomic E-state index is -0.172. The second-order valence-corrected chi connectivity index (χ2v) is 5.84. The predicted molar refractivity (Wildman–Crippen MR) is 88.1 cm³/mol. The normalized spacial score (nSPS) is 10.8. The fraction of sp³-hybridized carbons (Fsp3) is 0.188. The number of anilines is 1. The number of hydrogen-bond donors (Lipinski definition) is 1. The van der Waals surface area contributed by atoms with Gasteiger partial charge >= 0.3 is 0 Å². The van der Waals surface area contributed by atoms with Gasteiger partial charge in [-0.05, 0) is 30.7 Å². The number of fused-ring (bicyclic) bond motifs is 1. The summed E-state index contributed by atoms with van der Waals surface area (Å²) in [4.78, 5) is 21.5. The molecule has 0 saturated heterocycles. The summed E-state index contributed by atoms with van der Waals surface area (Å²) in [6, 6.07) is 9.71. The lowest BCUT2D eigenvalue weighted by Gasteiger charge is -2.09. The molecule has 6 heteroatoms. The van der Waals surface area contributed by atoms with Crippen molar-refractivity contribution in [2.75, 3.05) is 19.0 Å². The summed E-state index contributed by atoms with van der Waals surface area (Å²) >= 11 is 1.53. The SMILES string of the molecule is COCC(=O)Nc1cc(-c2nc3cccnc3s2)ccc1C. The Hall–Kier alpha value is -2.31. The van der Waals surface area contributed by atoms with Gasteiger partial charge in [0.2, 0.25) is 5.91 Å². The largest absolute Gasteiger partial charge is 0.375 e. The van der Waals surface area contributed by atoms with Gasteiger partial charge in [-0.25, -0.2) is 9.97 Å². The van der Waals surface area contributed by atoms with Crippen LogP contribution in [0.25, 0.3) is 20.9 Å². The Balaban J connectivity index is 1.95. The zero-order chi connectivity index (χ0) is 15.5.